The minimum absolute atomic E-state index is 0.135. The Balaban J connectivity index is 2.06. The van der Waals surface area contributed by atoms with Gasteiger partial charge in [0, 0.05) is 6.20 Å². The number of nitrogens with zero attached hydrogens (tertiary/aromatic N) is 1. The number of carbonyl (C=O) groups excluding carboxylic acids is 1. The average molecular weight is 314 g/mol. The van der Waals surface area contributed by atoms with Gasteiger partial charge in [-0.05, 0) is 50.6 Å². The van der Waals surface area contributed by atoms with Crippen LogP contribution in [-0.2, 0) is 0 Å². The van der Waals surface area contributed by atoms with Gasteiger partial charge in [0.2, 0.25) is 5.88 Å². The summed E-state index contributed by atoms with van der Waals surface area (Å²) in [7, 11) is 1.50. The van der Waals surface area contributed by atoms with Crippen molar-refractivity contribution in [3.63, 3.8) is 0 Å². The van der Waals surface area contributed by atoms with E-state index in [1.807, 2.05) is 45.0 Å². The molecule has 5 heteroatoms. The molecule has 2 rings (SSSR count). The number of nitrogens with one attached hydrogen (secondary N) is 1. The van der Waals surface area contributed by atoms with E-state index in [0.717, 1.165) is 11.3 Å². The molecule has 23 heavy (non-hydrogen) atoms. The molecule has 1 aromatic carbocycles. The zero-order valence-corrected chi connectivity index (χ0v) is 13.9. The first-order chi connectivity index (χ1) is 11.0. The summed E-state index contributed by atoms with van der Waals surface area (Å²) in [5.41, 5.74) is 1.42. The predicted octanol–water partition coefficient (Wildman–Crippen LogP) is 3.37. The quantitative estimate of drug-likeness (QED) is 0.888. The number of carbonyl (C=O) groups is 1. The highest BCUT2D eigenvalue weighted by molar-refractivity contribution is 5.96. The number of amides is 1. The first kappa shape index (κ1) is 16.8. The van der Waals surface area contributed by atoms with Crippen molar-refractivity contribution in [1.29, 1.82) is 0 Å². The highest BCUT2D eigenvalue weighted by atomic mass is 16.5. The van der Waals surface area contributed by atoms with E-state index in [0.29, 0.717) is 11.4 Å². The van der Waals surface area contributed by atoms with Crippen molar-refractivity contribution in [2.24, 2.45) is 0 Å². The van der Waals surface area contributed by atoms with E-state index in [1.165, 1.54) is 7.11 Å². The molecule has 0 saturated heterocycles. The van der Waals surface area contributed by atoms with E-state index < -0.39 is 0 Å². The van der Waals surface area contributed by atoms with Gasteiger partial charge in [-0.2, -0.15) is 0 Å². The normalized spacial score (nSPS) is 11.9. The number of benzene rings is 1. The van der Waals surface area contributed by atoms with Crippen molar-refractivity contribution in [2.45, 2.75) is 32.9 Å². The second-order valence-corrected chi connectivity index (χ2v) is 5.49. The summed E-state index contributed by atoms with van der Waals surface area (Å²) in [6.07, 6.45) is 1.72. The Labute approximate surface area is 136 Å². The van der Waals surface area contributed by atoms with Crippen LogP contribution < -0.4 is 14.8 Å². The lowest BCUT2D eigenvalue weighted by Gasteiger charge is -2.16. The summed E-state index contributed by atoms with van der Waals surface area (Å²) in [6, 6.07) is 11.0. The molecule has 0 aliphatic heterocycles. The zero-order chi connectivity index (χ0) is 16.8. The van der Waals surface area contributed by atoms with Crippen LogP contribution in [0.1, 0.15) is 42.7 Å². The van der Waals surface area contributed by atoms with Gasteiger partial charge in [-0.1, -0.05) is 12.1 Å². The molecule has 122 valence electrons. The van der Waals surface area contributed by atoms with E-state index >= 15 is 0 Å². The van der Waals surface area contributed by atoms with Gasteiger partial charge in [-0.3, -0.25) is 4.79 Å². The van der Waals surface area contributed by atoms with Gasteiger partial charge in [-0.25, -0.2) is 4.98 Å². The van der Waals surface area contributed by atoms with E-state index in [1.54, 1.807) is 18.3 Å². The van der Waals surface area contributed by atoms with Gasteiger partial charge in [0.05, 0.1) is 19.3 Å². The van der Waals surface area contributed by atoms with Crippen LogP contribution in [0.5, 0.6) is 11.6 Å². The Morgan fingerprint density at radius 3 is 2.43 bits per heavy atom. The van der Waals surface area contributed by atoms with Crippen molar-refractivity contribution >= 4 is 5.91 Å². The summed E-state index contributed by atoms with van der Waals surface area (Å²) in [5.74, 6) is 0.916. The first-order valence-electron chi connectivity index (χ1n) is 7.57. The van der Waals surface area contributed by atoms with E-state index in [4.69, 9.17) is 9.47 Å². The van der Waals surface area contributed by atoms with Crippen LogP contribution in [0.4, 0.5) is 0 Å². The number of methoxy groups -OCH3 is 1. The second kappa shape index (κ2) is 7.63. The molecule has 0 spiro atoms. The molecule has 1 atom stereocenters. The molecule has 1 heterocycles. The Kier molecular flexibility index (Phi) is 5.57. The lowest BCUT2D eigenvalue weighted by Crippen LogP contribution is -2.27. The average Bonchev–Trinajstić information content (AvgIpc) is 2.54. The van der Waals surface area contributed by atoms with E-state index in [-0.39, 0.29) is 18.1 Å². The molecule has 0 fully saturated rings. The third-order valence-corrected chi connectivity index (χ3v) is 3.31. The fourth-order valence-corrected chi connectivity index (χ4v) is 2.19. The molecule has 1 aromatic heterocycles. The van der Waals surface area contributed by atoms with Crippen molar-refractivity contribution < 1.29 is 14.3 Å². The molecular formula is C18H22N2O3. The summed E-state index contributed by atoms with van der Waals surface area (Å²) in [6.45, 7) is 5.90. The minimum atomic E-state index is -0.218. The highest BCUT2D eigenvalue weighted by Gasteiger charge is 2.16. The maximum Gasteiger partial charge on any atom is 0.257 e. The maximum absolute atomic E-state index is 12.4. The third-order valence-electron chi connectivity index (χ3n) is 3.31. The number of hydrogen-bond acceptors (Lipinski definition) is 4. The van der Waals surface area contributed by atoms with Gasteiger partial charge < -0.3 is 14.8 Å². The lowest BCUT2D eigenvalue weighted by atomic mass is 10.1. The van der Waals surface area contributed by atoms with E-state index in [9.17, 15) is 4.79 Å². The molecule has 1 unspecified atom stereocenters. The topological polar surface area (TPSA) is 60.5 Å². The molecule has 0 radical (unpaired) electrons. The van der Waals surface area contributed by atoms with Gasteiger partial charge in [-0.15, -0.1) is 0 Å². The van der Waals surface area contributed by atoms with Gasteiger partial charge in [0.25, 0.3) is 5.91 Å². The molecule has 0 saturated carbocycles. The molecule has 1 amide bonds. The fraction of sp³-hybridized carbons (Fsp3) is 0.333. The molecule has 2 aromatic rings. The third kappa shape index (κ3) is 4.45. The monoisotopic (exact) mass is 314 g/mol. The molecule has 0 aliphatic carbocycles. The van der Waals surface area contributed by atoms with Crippen molar-refractivity contribution in [1.82, 2.24) is 10.3 Å². The number of ether oxygens (including phenoxy) is 2. The smallest absolute Gasteiger partial charge is 0.257 e. The van der Waals surface area contributed by atoms with Crippen LogP contribution >= 0.6 is 0 Å². The van der Waals surface area contributed by atoms with Gasteiger partial charge in [0.15, 0.2) is 0 Å². The fourth-order valence-electron chi connectivity index (χ4n) is 2.19. The minimum Gasteiger partial charge on any atom is -0.491 e. The van der Waals surface area contributed by atoms with Crippen LogP contribution in [0.25, 0.3) is 0 Å². The summed E-state index contributed by atoms with van der Waals surface area (Å²) in [4.78, 5) is 16.4. The number of rotatable bonds is 6. The standard InChI is InChI=1S/C18H22N2O3/c1-12(2)23-15-9-7-14(8-10-15)13(3)20-17(21)16-6-5-11-19-18(16)22-4/h5-13H,1-4H3,(H,20,21). The molecule has 0 aliphatic rings. The van der Waals surface area contributed by atoms with Crippen molar-refractivity contribution in [2.75, 3.05) is 7.11 Å². The van der Waals surface area contributed by atoms with Crippen LogP contribution in [0.3, 0.4) is 0 Å². The lowest BCUT2D eigenvalue weighted by molar-refractivity contribution is 0.0936. The Bertz CT molecular complexity index is 654. The molecule has 1 N–H and O–H groups in total. The SMILES string of the molecule is COc1ncccc1C(=O)NC(C)c1ccc(OC(C)C)cc1. The summed E-state index contributed by atoms with van der Waals surface area (Å²) >= 11 is 0. The zero-order valence-electron chi connectivity index (χ0n) is 13.9. The first-order valence-corrected chi connectivity index (χ1v) is 7.57. The largest absolute Gasteiger partial charge is 0.491 e. The van der Waals surface area contributed by atoms with Crippen LogP contribution in [0.15, 0.2) is 42.6 Å². The van der Waals surface area contributed by atoms with Crippen molar-refractivity contribution in [3.8, 4) is 11.6 Å². The highest BCUT2D eigenvalue weighted by Crippen LogP contribution is 2.20. The van der Waals surface area contributed by atoms with Crippen LogP contribution in [0.2, 0.25) is 0 Å². The molecule has 0 bridgehead atoms. The van der Waals surface area contributed by atoms with Crippen LogP contribution in [-0.4, -0.2) is 24.1 Å². The molecule has 5 nitrogen and oxygen atoms in total. The van der Waals surface area contributed by atoms with Gasteiger partial charge >= 0.3 is 0 Å². The van der Waals surface area contributed by atoms with Crippen LogP contribution in [0, 0.1) is 0 Å². The Morgan fingerprint density at radius 2 is 1.83 bits per heavy atom. The molecular weight excluding hydrogens is 292 g/mol. The van der Waals surface area contributed by atoms with Gasteiger partial charge in [0.1, 0.15) is 11.3 Å². The summed E-state index contributed by atoms with van der Waals surface area (Å²) < 4.78 is 10.7. The number of hydrogen-bond donors (Lipinski definition) is 1. The number of pyridine rings is 1. The van der Waals surface area contributed by atoms with Crippen molar-refractivity contribution in [3.05, 3.63) is 53.7 Å². The second-order valence-electron chi connectivity index (χ2n) is 5.49. The summed E-state index contributed by atoms with van der Waals surface area (Å²) in [5, 5.41) is 2.95. The Hall–Kier alpha value is -2.56. The number of aromatic nitrogens is 1. The predicted molar refractivity (Wildman–Crippen MR) is 88.9 cm³/mol. The van der Waals surface area contributed by atoms with E-state index in [2.05, 4.69) is 10.3 Å². The Morgan fingerprint density at radius 1 is 1.13 bits per heavy atom. The maximum atomic E-state index is 12.4.